The summed E-state index contributed by atoms with van der Waals surface area (Å²) in [5, 5.41) is 0. The summed E-state index contributed by atoms with van der Waals surface area (Å²) in [6, 6.07) is 13.8. The van der Waals surface area contributed by atoms with Gasteiger partial charge in [-0.15, -0.1) is 0 Å². The molecule has 2 aromatic carbocycles. The van der Waals surface area contributed by atoms with Crippen molar-refractivity contribution < 1.29 is 23.9 Å². The zero-order valence-electron chi connectivity index (χ0n) is 16.2. The van der Waals surface area contributed by atoms with Crippen LogP contribution in [0, 0.1) is 0 Å². The molecule has 0 saturated carbocycles. The van der Waals surface area contributed by atoms with Crippen LogP contribution in [0.2, 0.25) is 0 Å². The molecular formula is C21H23BrN2O5. The zero-order chi connectivity index (χ0) is 21.2. The monoisotopic (exact) mass is 462 g/mol. The van der Waals surface area contributed by atoms with Crippen LogP contribution < -0.4 is 20.3 Å². The van der Waals surface area contributed by atoms with Gasteiger partial charge in [0.1, 0.15) is 11.5 Å². The lowest BCUT2D eigenvalue weighted by Crippen LogP contribution is -2.47. The Morgan fingerprint density at radius 1 is 1.00 bits per heavy atom. The van der Waals surface area contributed by atoms with Crippen LogP contribution in [0.1, 0.15) is 37.0 Å². The first kappa shape index (κ1) is 22.4. The van der Waals surface area contributed by atoms with Gasteiger partial charge in [0.2, 0.25) is 5.91 Å². The van der Waals surface area contributed by atoms with Gasteiger partial charge in [-0.05, 0) is 56.3 Å². The number of halogens is 1. The van der Waals surface area contributed by atoms with E-state index in [1.807, 2.05) is 13.0 Å². The Hall–Kier alpha value is -2.87. The van der Waals surface area contributed by atoms with Crippen LogP contribution in [0.4, 0.5) is 0 Å². The third-order valence-corrected chi connectivity index (χ3v) is 4.36. The average molecular weight is 463 g/mol. The Labute approximate surface area is 177 Å². The predicted octanol–water partition coefficient (Wildman–Crippen LogP) is 3.43. The zero-order valence-corrected chi connectivity index (χ0v) is 17.8. The summed E-state index contributed by atoms with van der Waals surface area (Å²) >= 11 is 3.32. The van der Waals surface area contributed by atoms with E-state index in [0.717, 1.165) is 4.47 Å². The van der Waals surface area contributed by atoms with Gasteiger partial charge in [-0.1, -0.05) is 22.0 Å². The number of nitrogens with one attached hydrogen (secondary N) is 2. The third kappa shape index (κ3) is 7.57. The first-order chi connectivity index (χ1) is 13.9. The van der Waals surface area contributed by atoms with Crippen molar-refractivity contribution in [1.29, 1.82) is 0 Å². The molecule has 0 aliphatic heterocycles. The van der Waals surface area contributed by atoms with Crippen LogP contribution in [0.3, 0.4) is 0 Å². The molecule has 2 rings (SSSR count). The second-order valence-electron chi connectivity index (χ2n) is 6.14. The number of hydrogen-bond donors (Lipinski definition) is 2. The number of Topliss-reactive ketones (excluding diaryl/α,β-unsaturated/α-hetero) is 1. The predicted molar refractivity (Wildman–Crippen MR) is 112 cm³/mol. The lowest BCUT2D eigenvalue weighted by atomic mass is 10.1. The van der Waals surface area contributed by atoms with Crippen molar-refractivity contribution in [3.63, 3.8) is 0 Å². The van der Waals surface area contributed by atoms with Gasteiger partial charge in [-0.3, -0.25) is 25.2 Å². The van der Waals surface area contributed by atoms with E-state index in [9.17, 15) is 14.4 Å². The minimum Gasteiger partial charge on any atom is -0.494 e. The molecule has 29 heavy (non-hydrogen) atoms. The topological polar surface area (TPSA) is 93.7 Å². The fourth-order valence-corrected chi connectivity index (χ4v) is 2.75. The molecule has 0 aromatic heterocycles. The maximum atomic E-state index is 12.2. The second kappa shape index (κ2) is 11.2. The van der Waals surface area contributed by atoms with Gasteiger partial charge in [-0.25, -0.2) is 0 Å². The van der Waals surface area contributed by atoms with E-state index < -0.39 is 17.9 Å². The largest absolute Gasteiger partial charge is 0.494 e. The van der Waals surface area contributed by atoms with Crippen molar-refractivity contribution in [2.75, 3.05) is 6.61 Å². The first-order valence-corrected chi connectivity index (χ1v) is 9.95. The van der Waals surface area contributed by atoms with Crippen molar-refractivity contribution in [2.24, 2.45) is 0 Å². The SMILES string of the molecule is CCOc1ccc(C(=O)CCC(=O)NNC(=O)C(C)Oc2cccc(Br)c2)cc1. The van der Waals surface area contributed by atoms with Gasteiger partial charge in [0, 0.05) is 22.9 Å². The fourth-order valence-electron chi connectivity index (χ4n) is 2.37. The normalized spacial score (nSPS) is 11.3. The van der Waals surface area contributed by atoms with Crippen LogP contribution in [0.5, 0.6) is 11.5 Å². The van der Waals surface area contributed by atoms with Gasteiger partial charge in [-0.2, -0.15) is 0 Å². The molecule has 0 aliphatic rings. The van der Waals surface area contributed by atoms with Gasteiger partial charge in [0.05, 0.1) is 6.61 Å². The van der Waals surface area contributed by atoms with E-state index in [-0.39, 0.29) is 18.6 Å². The smallest absolute Gasteiger partial charge is 0.279 e. The summed E-state index contributed by atoms with van der Waals surface area (Å²) < 4.78 is 11.7. The first-order valence-electron chi connectivity index (χ1n) is 9.16. The van der Waals surface area contributed by atoms with Crippen LogP contribution in [-0.4, -0.2) is 30.3 Å². The molecule has 1 atom stereocenters. The Kier molecular flexibility index (Phi) is 8.67. The van der Waals surface area contributed by atoms with Crippen molar-refractivity contribution in [3.8, 4) is 11.5 Å². The summed E-state index contributed by atoms with van der Waals surface area (Å²) in [6.45, 7) is 3.99. The van der Waals surface area contributed by atoms with Crippen LogP contribution in [-0.2, 0) is 9.59 Å². The number of hydrogen-bond acceptors (Lipinski definition) is 5. The van der Waals surface area contributed by atoms with Crippen molar-refractivity contribution in [1.82, 2.24) is 10.9 Å². The molecule has 154 valence electrons. The van der Waals surface area contributed by atoms with Crippen molar-refractivity contribution in [2.45, 2.75) is 32.8 Å². The summed E-state index contributed by atoms with van der Waals surface area (Å²) in [5.74, 6) is 0.0716. The Balaban J connectivity index is 1.73. The fraction of sp³-hybridized carbons (Fsp3) is 0.286. The number of amides is 2. The highest BCUT2D eigenvalue weighted by Crippen LogP contribution is 2.19. The molecule has 8 heteroatoms. The molecule has 7 nitrogen and oxygen atoms in total. The van der Waals surface area contributed by atoms with E-state index in [1.165, 1.54) is 0 Å². The number of ketones is 1. The van der Waals surface area contributed by atoms with Crippen molar-refractivity contribution >= 4 is 33.5 Å². The highest BCUT2D eigenvalue weighted by atomic mass is 79.9. The molecule has 2 amide bonds. The molecule has 0 bridgehead atoms. The molecule has 0 saturated heterocycles. The second-order valence-corrected chi connectivity index (χ2v) is 7.05. The molecule has 2 N–H and O–H groups in total. The number of carbonyl (C=O) groups excluding carboxylic acids is 3. The van der Waals surface area contributed by atoms with Gasteiger partial charge in [0.25, 0.3) is 5.91 Å². The summed E-state index contributed by atoms with van der Waals surface area (Å²) in [5.41, 5.74) is 5.09. The lowest BCUT2D eigenvalue weighted by Gasteiger charge is -2.15. The molecular weight excluding hydrogens is 440 g/mol. The van der Waals surface area contributed by atoms with E-state index in [0.29, 0.717) is 23.7 Å². The van der Waals surface area contributed by atoms with Crippen LogP contribution in [0.25, 0.3) is 0 Å². The summed E-state index contributed by atoms with van der Waals surface area (Å²) in [6.07, 6.45) is -0.831. The molecule has 0 aliphatic carbocycles. The number of benzene rings is 2. The number of rotatable bonds is 9. The quantitative estimate of drug-likeness (QED) is 0.439. The number of carbonyl (C=O) groups is 3. The average Bonchev–Trinajstić information content (AvgIpc) is 2.71. The molecule has 0 fully saturated rings. The van der Waals surface area contributed by atoms with Crippen LogP contribution in [0.15, 0.2) is 53.0 Å². The summed E-state index contributed by atoms with van der Waals surface area (Å²) in [4.78, 5) is 36.1. The molecule has 0 spiro atoms. The number of hydrazine groups is 1. The molecule has 0 radical (unpaired) electrons. The van der Waals surface area contributed by atoms with Gasteiger partial charge in [0.15, 0.2) is 11.9 Å². The third-order valence-electron chi connectivity index (χ3n) is 3.87. The van der Waals surface area contributed by atoms with Crippen molar-refractivity contribution in [3.05, 3.63) is 58.6 Å². The highest BCUT2D eigenvalue weighted by Gasteiger charge is 2.16. The van der Waals surface area contributed by atoms with E-state index >= 15 is 0 Å². The standard InChI is InChI=1S/C21H23BrN2O5/c1-3-28-17-9-7-15(8-10-17)19(25)11-12-20(26)23-24-21(27)14(2)29-18-6-4-5-16(22)13-18/h4-10,13-14H,3,11-12H2,1-2H3,(H,23,26)(H,24,27). The van der Waals surface area contributed by atoms with E-state index in [4.69, 9.17) is 9.47 Å². The van der Waals surface area contributed by atoms with E-state index in [2.05, 4.69) is 26.8 Å². The molecule has 2 aromatic rings. The minimum absolute atomic E-state index is 0.0276. The molecule has 1 unspecified atom stereocenters. The summed E-state index contributed by atoms with van der Waals surface area (Å²) in [7, 11) is 0. The Morgan fingerprint density at radius 2 is 1.72 bits per heavy atom. The number of ether oxygens (including phenoxy) is 2. The Bertz CT molecular complexity index is 854. The molecule has 0 heterocycles. The maximum Gasteiger partial charge on any atom is 0.279 e. The van der Waals surface area contributed by atoms with Gasteiger partial charge >= 0.3 is 0 Å². The minimum atomic E-state index is -0.810. The lowest BCUT2D eigenvalue weighted by molar-refractivity contribution is -0.132. The highest BCUT2D eigenvalue weighted by molar-refractivity contribution is 9.10. The van der Waals surface area contributed by atoms with Crippen LogP contribution >= 0.6 is 15.9 Å². The Morgan fingerprint density at radius 3 is 2.38 bits per heavy atom. The van der Waals surface area contributed by atoms with Gasteiger partial charge < -0.3 is 9.47 Å². The van der Waals surface area contributed by atoms with E-state index in [1.54, 1.807) is 49.4 Å². The maximum absolute atomic E-state index is 12.2.